The minimum atomic E-state index is -0.345. The largest absolute Gasteiger partial charge is 0.497 e. The van der Waals surface area contributed by atoms with Crippen LogP contribution >= 0.6 is 11.6 Å². The van der Waals surface area contributed by atoms with Crippen LogP contribution in [0.1, 0.15) is 15.9 Å². The highest BCUT2D eigenvalue weighted by Gasteiger charge is 2.32. The molecule has 2 amide bonds. The number of ether oxygens (including phenoxy) is 1. The molecule has 1 aliphatic heterocycles. The summed E-state index contributed by atoms with van der Waals surface area (Å²) >= 11 is 5.84. The van der Waals surface area contributed by atoms with E-state index in [1.807, 2.05) is 0 Å². The summed E-state index contributed by atoms with van der Waals surface area (Å²) in [4.78, 5) is 26.0. The SMILES string of the molecule is COc1ccc2c(c1)C(=O)N(c1ccc(Cl)cc1)C(=O)C2. The molecule has 4 nitrogen and oxygen atoms in total. The molecule has 2 aromatic carbocycles. The summed E-state index contributed by atoms with van der Waals surface area (Å²) in [6.45, 7) is 0. The second-order valence-electron chi connectivity index (χ2n) is 4.71. The normalized spacial score (nSPS) is 14.1. The van der Waals surface area contributed by atoms with E-state index < -0.39 is 0 Å². The number of rotatable bonds is 2. The quantitative estimate of drug-likeness (QED) is 0.801. The molecule has 0 atom stereocenters. The van der Waals surface area contributed by atoms with E-state index in [-0.39, 0.29) is 18.2 Å². The van der Waals surface area contributed by atoms with Crippen LogP contribution in [0.4, 0.5) is 5.69 Å². The van der Waals surface area contributed by atoms with E-state index in [4.69, 9.17) is 16.3 Å². The topological polar surface area (TPSA) is 46.6 Å². The van der Waals surface area contributed by atoms with Crippen molar-refractivity contribution in [3.8, 4) is 5.75 Å². The first kappa shape index (κ1) is 13.6. The molecular weight excluding hydrogens is 290 g/mol. The number of benzene rings is 2. The van der Waals surface area contributed by atoms with E-state index >= 15 is 0 Å². The molecule has 21 heavy (non-hydrogen) atoms. The van der Waals surface area contributed by atoms with Crippen LogP contribution in [0.3, 0.4) is 0 Å². The number of hydrogen-bond donors (Lipinski definition) is 0. The maximum absolute atomic E-state index is 12.6. The molecule has 3 rings (SSSR count). The van der Waals surface area contributed by atoms with Gasteiger partial charge in [0.2, 0.25) is 5.91 Å². The van der Waals surface area contributed by atoms with Crippen molar-refractivity contribution in [3.63, 3.8) is 0 Å². The van der Waals surface area contributed by atoms with Crippen LogP contribution in [0.5, 0.6) is 5.75 Å². The molecule has 0 bridgehead atoms. The molecule has 1 aliphatic rings. The minimum absolute atomic E-state index is 0.188. The molecule has 2 aromatic rings. The molecule has 0 aromatic heterocycles. The van der Waals surface area contributed by atoms with Gasteiger partial charge >= 0.3 is 0 Å². The van der Waals surface area contributed by atoms with Gasteiger partial charge in [0.15, 0.2) is 0 Å². The second-order valence-corrected chi connectivity index (χ2v) is 5.15. The number of anilines is 1. The van der Waals surface area contributed by atoms with Crippen molar-refractivity contribution < 1.29 is 14.3 Å². The van der Waals surface area contributed by atoms with Crippen LogP contribution in [-0.2, 0) is 11.2 Å². The Morgan fingerprint density at radius 1 is 1.10 bits per heavy atom. The zero-order chi connectivity index (χ0) is 15.0. The monoisotopic (exact) mass is 301 g/mol. The first-order valence-corrected chi connectivity index (χ1v) is 6.77. The number of fused-ring (bicyclic) bond motifs is 1. The molecule has 0 aliphatic carbocycles. The number of imide groups is 1. The number of halogens is 1. The van der Waals surface area contributed by atoms with Crippen LogP contribution in [0.25, 0.3) is 0 Å². The summed E-state index contributed by atoms with van der Waals surface area (Å²) in [6, 6.07) is 11.8. The van der Waals surface area contributed by atoms with E-state index in [1.54, 1.807) is 42.5 Å². The summed E-state index contributed by atoms with van der Waals surface area (Å²) in [5, 5.41) is 0.553. The van der Waals surface area contributed by atoms with Crippen LogP contribution in [0, 0.1) is 0 Å². The number of nitrogens with zero attached hydrogens (tertiary/aromatic N) is 1. The van der Waals surface area contributed by atoms with Gasteiger partial charge in [0.05, 0.1) is 19.2 Å². The second kappa shape index (κ2) is 5.22. The average Bonchev–Trinajstić information content (AvgIpc) is 2.49. The third-order valence-electron chi connectivity index (χ3n) is 3.43. The molecule has 1 heterocycles. The summed E-state index contributed by atoms with van der Waals surface area (Å²) in [5.74, 6) is -0.00466. The first-order chi connectivity index (χ1) is 10.1. The Kier molecular flexibility index (Phi) is 3.39. The first-order valence-electron chi connectivity index (χ1n) is 6.40. The zero-order valence-electron chi connectivity index (χ0n) is 11.3. The molecule has 0 radical (unpaired) electrons. The van der Waals surface area contributed by atoms with Crippen molar-refractivity contribution in [1.82, 2.24) is 0 Å². The molecule has 0 unspecified atom stereocenters. The number of methoxy groups -OCH3 is 1. The van der Waals surface area contributed by atoms with Gasteiger partial charge in [0.25, 0.3) is 5.91 Å². The third-order valence-corrected chi connectivity index (χ3v) is 3.68. The predicted octanol–water partition coefficient (Wildman–Crippen LogP) is 3.08. The van der Waals surface area contributed by atoms with Gasteiger partial charge in [0.1, 0.15) is 5.75 Å². The lowest BCUT2D eigenvalue weighted by Crippen LogP contribution is -2.42. The maximum atomic E-state index is 12.6. The Hall–Kier alpha value is -2.33. The molecular formula is C16H12ClNO3. The van der Waals surface area contributed by atoms with Crippen molar-refractivity contribution in [2.75, 3.05) is 12.0 Å². The van der Waals surface area contributed by atoms with Crippen molar-refractivity contribution >= 4 is 29.1 Å². The highest BCUT2D eigenvalue weighted by Crippen LogP contribution is 2.28. The molecule has 106 valence electrons. The van der Waals surface area contributed by atoms with Crippen LogP contribution in [0.15, 0.2) is 42.5 Å². The smallest absolute Gasteiger partial charge is 0.265 e. The lowest BCUT2D eigenvalue weighted by atomic mass is 9.97. The van der Waals surface area contributed by atoms with Crippen LogP contribution in [0.2, 0.25) is 5.02 Å². The molecule has 0 N–H and O–H groups in total. The van der Waals surface area contributed by atoms with Crippen LogP contribution < -0.4 is 9.64 Å². The Balaban J connectivity index is 2.05. The number of carbonyl (C=O) groups is 2. The Bertz CT molecular complexity index is 725. The number of hydrogen-bond acceptors (Lipinski definition) is 3. The van der Waals surface area contributed by atoms with Gasteiger partial charge in [-0.25, -0.2) is 4.90 Å². The van der Waals surface area contributed by atoms with Gasteiger partial charge in [-0.15, -0.1) is 0 Å². The molecule has 0 saturated heterocycles. The number of carbonyl (C=O) groups excluding carboxylic acids is 2. The zero-order valence-corrected chi connectivity index (χ0v) is 12.1. The van der Waals surface area contributed by atoms with Gasteiger partial charge in [-0.2, -0.15) is 0 Å². The lowest BCUT2D eigenvalue weighted by Gasteiger charge is -2.27. The average molecular weight is 302 g/mol. The summed E-state index contributed by atoms with van der Waals surface area (Å²) in [7, 11) is 1.54. The predicted molar refractivity (Wildman–Crippen MR) is 80.0 cm³/mol. The van der Waals surface area contributed by atoms with Gasteiger partial charge in [-0.1, -0.05) is 17.7 Å². The highest BCUT2D eigenvalue weighted by molar-refractivity contribution is 6.31. The summed E-state index contributed by atoms with van der Waals surface area (Å²) in [5.41, 5.74) is 1.72. The molecule has 0 fully saturated rings. The van der Waals surface area contributed by atoms with E-state index in [9.17, 15) is 9.59 Å². The van der Waals surface area contributed by atoms with Gasteiger partial charge in [-0.05, 0) is 42.0 Å². The van der Waals surface area contributed by atoms with Gasteiger partial charge < -0.3 is 4.74 Å². The van der Waals surface area contributed by atoms with Crippen molar-refractivity contribution in [2.24, 2.45) is 0 Å². The molecule has 0 spiro atoms. The fraction of sp³-hybridized carbons (Fsp3) is 0.125. The van der Waals surface area contributed by atoms with Crippen molar-refractivity contribution in [1.29, 1.82) is 0 Å². The van der Waals surface area contributed by atoms with Gasteiger partial charge in [-0.3, -0.25) is 9.59 Å². The molecule has 5 heteroatoms. The van der Waals surface area contributed by atoms with Crippen molar-refractivity contribution in [3.05, 3.63) is 58.6 Å². The van der Waals surface area contributed by atoms with Crippen molar-refractivity contribution in [2.45, 2.75) is 6.42 Å². The van der Waals surface area contributed by atoms with E-state index in [1.165, 1.54) is 12.0 Å². The fourth-order valence-corrected chi connectivity index (χ4v) is 2.49. The standard InChI is InChI=1S/C16H12ClNO3/c1-21-13-7-2-10-8-15(19)18(16(20)14(10)9-13)12-5-3-11(17)4-6-12/h2-7,9H,8H2,1H3. The third kappa shape index (κ3) is 2.38. The number of amides is 2. The van der Waals surface area contributed by atoms with E-state index in [2.05, 4.69) is 0 Å². The summed E-state index contributed by atoms with van der Waals surface area (Å²) in [6.07, 6.45) is 0.188. The maximum Gasteiger partial charge on any atom is 0.265 e. The Morgan fingerprint density at radius 3 is 2.48 bits per heavy atom. The summed E-state index contributed by atoms with van der Waals surface area (Å²) < 4.78 is 5.14. The highest BCUT2D eigenvalue weighted by atomic mass is 35.5. The Labute approximate surface area is 126 Å². The van der Waals surface area contributed by atoms with Crippen LogP contribution in [-0.4, -0.2) is 18.9 Å². The van der Waals surface area contributed by atoms with Gasteiger partial charge in [0, 0.05) is 10.6 Å². The Morgan fingerprint density at radius 2 is 1.81 bits per heavy atom. The minimum Gasteiger partial charge on any atom is -0.497 e. The van der Waals surface area contributed by atoms with E-state index in [0.717, 1.165) is 5.56 Å². The fourth-order valence-electron chi connectivity index (χ4n) is 2.36. The lowest BCUT2D eigenvalue weighted by molar-refractivity contribution is -0.117. The van der Waals surface area contributed by atoms with E-state index in [0.29, 0.717) is 22.0 Å². The molecule has 0 saturated carbocycles.